The van der Waals surface area contributed by atoms with Crippen LogP contribution < -0.4 is 15.5 Å². The molecular weight excluding hydrogens is 885 g/mol. The van der Waals surface area contributed by atoms with Crippen LogP contribution in [-0.2, 0) is 16.6 Å². The molecule has 1 amide bonds. The van der Waals surface area contributed by atoms with E-state index in [1.54, 1.807) is 23.4 Å². The van der Waals surface area contributed by atoms with Gasteiger partial charge in [-0.25, -0.2) is 28.1 Å². The monoisotopic (exact) mass is 935 g/mol. The van der Waals surface area contributed by atoms with Crippen LogP contribution in [0.4, 0.5) is 20.4 Å². The van der Waals surface area contributed by atoms with Gasteiger partial charge in [-0.1, -0.05) is 26.5 Å². The Labute approximate surface area is 395 Å². The Kier molecular flexibility index (Phi) is 12.7. The minimum Gasteiger partial charge on any atom is -0.507 e. The number of aromatic nitrogens is 10. The van der Waals surface area contributed by atoms with Gasteiger partial charge >= 0.3 is 5.69 Å². The number of anilines is 2. The zero-order valence-corrected chi connectivity index (χ0v) is 39.1. The van der Waals surface area contributed by atoms with Crippen molar-refractivity contribution in [1.82, 2.24) is 54.4 Å². The average Bonchev–Trinajstić information content (AvgIpc) is 4.04. The highest BCUT2D eigenvalue weighted by molar-refractivity contribution is 6.01. The number of amides is 1. The number of hydrogen-bond acceptors (Lipinski definition) is 13. The predicted molar refractivity (Wildman–Crippen MR) is 259 cm³/mol. The van der Waals surface area contributed by atoms with E-state index in [9.17, 15) is 19.1 Å². The second kappa shape index (κ2) is 19.0. The summed E-state index contributed by atoms with van der Waals surface area (Å²) in [5.74, 6) is -1.42. The molecule has 2 N–H and O–H groups in total. The minimum absolute atomic E-state index is 0.0360. The van der Waals surface area contributed by atoms with E-state index < -0.39 is 34.3 Å². The highest BCUT2D eigenvalue weighted by atomic mass is 19.1. The van der Waals surface area contributed by atoms with E-state index in [1.165, 1.54) is 22.8 Å². The van der Waals surface area contributed by atoms with Crippen molar-refractivity contribution in [3.05, 3.63) is 125 Å². The summed E-state index contributed by atoms with van der Waals surface area (Å²) in [6.45, 7) is 16.5. The number of aromatic hydroxyl groups is 1. The largest absolute Gasteiger partial charge is 0.507 e. The number of halogens is 2. The average molecular weight is 936 g/mol. The van der Waals surface area contributed by atoms with Crippen molar-refractivity contribution >= 4 is 39.5 Å². The normalized spacial score (nSPS) is 16.3. The topological polar surface area (TPSA) is 189 Å². The van der Waals surface area contributed by atoms with Gasteiger partial charge in [-0.15, -0.1) is 0 Å². The Balaban J connectivity index is 0.000000184. The molecule has 9 heterocycles. The van der Waals surface area contributed by atoms with Gasteiger partial charge in [0, 0.05) is 75.0 Å². The van der Waals surface area contributed by atoms with E-state index in [4.69, 9.17) is 9.72 Å². The van der Waals surface area contributed by atoms with Gasteiger partial charge in [-0.05, 0) is 86.9 Å². The fourth-order valence-electron chi connectivity index (χ4n) is 9.12. The fraction of sp³-hybridized carbons (Fsp3) is 0.300. The number of aromatic amines is 1. The van der Waals surface area contributed by atoms with Crippen LogP contribution in [-0.4, -0.2) is 117 Å². The first-order chi connectivity index (χ1) is 33.2. The molecule has 2 unspecified atom stereocenters. The first kappa shape index (κ1) is 46.2. The number of phenolic OH excluding ortho intramolecular Hbond substituents is 1. The van der Waals surface area contributed by atoms with Crippen LogP contribution in [0.1, 0.15) is 44.9 Å². The number of phenols is 1. The van der Waals surface area contributed by atoms with Crippen LogP contribution in [0.5, 0.6) is 5.75 Å². The number of hydrogen-bond donors (Lipinski definition) is 2. The molecule has 0 aliphatic carbocycles. The zero-order chi connectivity index (χ0) is 48.7. The van der Waals surface area contributed by atoms with Gasteiger partial charge in [-0.3, -0.25) is 24.5 Å². The summed E-state index contributed by atoms with van der Waals surface area (Å²) in [5.41, 5.74) is 4.89. The van der Waals surface area contributed by atoms with Gasteiger partial charge in [0.15, 0.2) is 11.5 Å². The molecule has 2 saturated heterocycles. The number of benzene rings is 1. The number of morpholine rings is 1. The predicted octanol–water partition coefficient (Wildman–Crippen LogP) is 7.13. The number of nitrogens with zero attached hydrogens (tertiary/aromatic N) is 12. The number of nitrogens with one attached hydrogen (secondary N) is 1. The number of piperazine rings is 1. The van der Waals surface area contributed by atoms with E-state index in [0.29, 0.717) is 49.8 Å². The Bertz CT molecular complexity index is 3280. The summed E-state index contributed by atoms with van der Waals surface area (Å²) in [4.78, 5) is 54.9. The molecule has 10 rings (SSSR count). The summed E-state index contributed by atoms with van der Waals surface area (Å²) in [5, 5.41) is 23.2. The van der Waals surface area contributed by atoms with Crippen molar-refractivity contribution in [3.8, 4) is 45.3 Å². The lowest BCUT2D eigenvalue weighted by molar-refractivity contribution is -0.126. The number of ether oxygens (including phenoxy) is 1. The lowest BCUT2D eigenvalue weighted by atomic mass is 10.0. The molecule has 1 aromatic carbocycles. The molecule has 8 aromatic rings. The molecule has 354 valence electrons. The molecule has 19 heteroatoms. The van der Waals surface area contributed by atoms with Crippen LogP contribution >= 0.6 is 0 Å². The third-order valence-electron chi connectivity index (χ3n) is 12.6. The van der Waals surface area contributed by atoms with Crippen molar-refractivity contribution in [3.63, 3.8) is 0 Å². The van der Waals surface area contributed by atoms with Crippen LogP contribution in [0.15, 0.2) is 96.8 Å². The molecule has 0 radical (unpaired) electrons. The fourth-order valence-corrected chi connectivity index (χ4v) is 9.12. The summed E-state index contributed by atoms with van der Waals surface area (Å²) in [6.07, 6.45) is 8.25. The summed E-state index contributed by atoms with van der Waals surface area (Å²) in [6, 6.07) is 14.6. The highest BCUT2D eigenvalue weighted by Crippen LogP contribution is 2.38. The maximum absolute atomic E-state index is 15.8. The first-order valence-corrected chi connectivity index (χ1v) is 22.6. The van der Waals surface area contributed by atoms with E-state index >= 15 is 4.39 Å². The van der Waals surface area contributed by atoms with Gasteiger partial charge < -0.3 is 24.5 Å². The number of aryl methyl sites for hydroxylation is 2. The Morgan fingerprint density at radius 2 is 1.72 bits per heavy atom. The Morgan fingerprint density at radius 1 is 0.913 bits per heavy atom. The molecular formula is C50H51F2N13O4. The maximum Gasteiger partial charge on any atom is 0.355 e. The smallest absolute Gasteiger partial charge is 0.355 e. The number of rotatable bonds is 8. The minimum atomic E-state index is -0.897. The van der Waals surface area contributed by atoms with E-state index in [-0.39, 0.29) is 40.8 Å². The number of H-pyrrole nitrogens is 1. The molecule has 0 bridgehead atoms. The van der Waals surface area contributed by atoms with Gasteiger partial charge in [-0.2, -0.15) is 15.2 Å². The Hall–Kier alpha value is -7.93. The summed E-state index contributed by atoms with van der Waals surface area (Å²) >= 11 is 0. The first-order valence-electron chi connectivity index (χ1n) is 22.6. The van der Waals surface area contributed by atoms with Gasteiger partial charge in [0.25, 0.3) is 0 Å². The molecule has 2 fully saturated rings. The van der Waals surface area contributed by atoms with Crippen LogP contribution in [0.25, 0.3) is 61.5 Å². The zero-order valence-electron chi connectivity index (χ0n) is 39.1. The lowest BCUT2D eigenvalue weighted by Gasteiger charge is -2.40. The lowest BCUT2D eigenvalue weighted by Crippen LogP contribution is -2.54. The van der Waals surface area contributed by atoms with Crippen LogP contribution in [0, 0.1) is 18.6 Å². The third kappa shape index (κ3) is 8.65. The molecule has 7 aromatic heterocycles. The van der Waals surface area contributed by atoms with Gasteiger partial charge in [0.1, 0.15) is 40.1 Å². The van der Waals surface area contributed by atoms with Crippen molar-refractivity contribution in [1.29, 1.82) is 0 Å². The molecule has 17 nitrogen and oxygen atoms in total. The van der Waals surface area contributed by atoms with Gasteiger partial charge in [0.2, 0.25) is 5.91 Å². The molecule has 0 spiro atoms. The van der Waals surface area contributed by atoms with Crippen molar-refractivity contribution in [2.75, 3.05) is 49.2 Å². The third-order valence-corrected chi connectivity index (χ3v) is 12.6. The number of carbonyl (C=O) groups is 1. The van der Waals surface area contributed by atoms with Crippen LogP contribution in [0.2, 0.25) is 0 Å². The van der Waals surface area contributed by atoms with Gasteiger partial charge in [0.05, 0.1) is 53.0 Å². The highest BCUT2D eigenvalue weighted by Gasteiger charge is 2.31. The second-order valence-corrected chi connectivity index (χ2v) is 17.4. The maximum atomic E-state index is 15.8. The second-order valence-electron chi connectivity index (χ2n) is 17.4. The van der Waals surface area contributed by atoms with Crippen molar-refractivity contribution in [2.45, 2.75) is 52.6 Å². The van der Waals surface area contributed by atoms with Crippen molar-refractivity contribution < 1.29 is 23.4 Å². The summed E-state index contributed by atoms with van der Waals surface area (Å²) in [7, 11) is 1.95. The SMILES string of the molecule is C=CC(=O)N1CCN(c2nc(=O)n(-c3c(C)ccnc3C(C)C)c3nc(-c4c(O)cccc4F)c(F)cc23)C(C)C1.CC1COCCN1c1cc(-c2ccnn2C)c2ccnc(-c3ccn[nH]3)c2n1. The number of carbonyl (C=O) groups excluding carboxylic acids is 1. The van der Waals surface area contributed by atoms with E-state index in [2.05, 4.69) is 59.7 Å². The van der Waals surface area contributed by atoms with E-state index in [0.717, 1.165) is 58.0 Å². The van der Waals surface area contributed by atoms with Crippen molar-refractivity contribution in [2.24, 2.45) is 7.05 Å². The van der Waals surface area contributed by atoms with E-state index in [1.807, 2.05) is 74.9 Å². The Morgan fingerprint density at radius 3 is 2.42 bits per heavy atom. The quantitative estimate of drug-likeness (QED) is 0.147. The molecule has 2 aliphatic heterocycles. The standard InChI is InChI=1S/C30H30F2N6O3.C20H21N7O/c1-6-23(40)36-12-13-37(18(5)15-36)28-19-14-21(32)26(24-20(31)8-7-9-22(24)39)34-29(19)38(30(41)35-28)27-17(4)10-11-33-25(27)16(2)3;1-13-12-28-10-9-27(13)18-11-15(17-5-8-23-26(17)2)14-3-6-21-20(19(14)24-18)16-4-7-22-25-16/h6-11,14,16,18,39H,1,12-13,15H2,2-5H3;3-8,11,13H,9-10,12H2,1-2H3,(H,22,25). The molecule has 2 atom stereocenters. The molecule has 0 saturated carbocycles. The molecule has 69 heavy (non-hydrogen) atoms. The summed E-state index contributed by atoms with van der Waals surface area (Å²) < 4.78 is 39.5. The molecule has 2 aliphatic rings. The number of fused-ring (bicyclic) bond motifs is 2. The van der Waals surface area contributed by atoms with Crippen LogP contribution in [0.3, 0.4) is 0 Å². The number of pyridine rings is 4.